The minimum Gasteiger partial charge on any atom is -0.348 e. The zero-order valence-electron chi connectivity index (χ0n) is 11.3. The first-order chi connectivity index (χ1) is 9.34. The third-order valence-electron chi connectivity index (χ3n) is 4.40. The molecule has 104 valence electrons. The number of imidazole rings is 1. The molecule has 0 radical (unpaired) electrons. The fourth-order valence-electron chi connectivity index (χ4n) is 3.20. The maximum Gasteiger partial charge on any atom is 0.225 e. The van der Waals surface area contributed by atoms with Gasteiger partial charge in [0, 0.05) is 37.3 Å². The number of nitrogens with one attached hydrogen (secondary N) is 2. The van der Waals surface area contributed by atoms with E-state index in [0.717, 1.165) is 57.7 Å². The summed E-state index contributed by atoms with van der Waals surface area (Å²) in [7, 11) is 0. The van der Waals surface area contributed by atoms with E-state index in [4.69, 9.17) is 0 Å². The van der Waals surface area contributed by atoms with Gasteiger partial charge in [0.2, 0.25) is 5.91 Å². The van der Waals surface area contributed by atoms with Crippen molar-refractivity contribution in [2.45, 2.75) is 31.6 Å². The van der Waals surface area contributed by atoms with Gasteiger partial charge in [-0.25, -0.2) is 4.98 Å². The van der Waals surface area contributed by atoms with E-state index >= 15 is 0 Å². The standard InChI is InChI=1S/C14H22N4O/c19-14(12-1-5-15-6-2-12)18-9-3-11(4-10-18)13-16-7-8-17-13/h7-8,11-12,15H,1-6,9-10H2,(H,16,17). The van der Waals surface area contributed by atoms with Crippen LogP contribution in [0.15, 0.2) is 12.4 Å². The van der Waals surface area contributed by atoms with Crippen LogP contribution in [0.1, 0.15) is 37.4 Å². The molecule has 0 bridgehead atoms. The van der Waals surface area contributed by atoms with E-state index in [9.17, 15) is 4.79 Å². The van der Waals surface area contributed by atoms with E-state index in [-0.39, 0.29) is 5.92 Å². The lowest BCUT2D eigenvalue weighted by atomic mass is 9.92. The number of likely N-dealkylation sites (tertiary alicyclic amines) is 1. The Labute approximate surface area is 113 Å². The smallest absolute Gasteiger partial charge is 0.225 e. The van der Waals surface area contributed by atoms with Gasteiger partial charge in [-0.05, 0) is 38.8 Å². The van der Waals surface area contributed by atoms with Crippen molar-refractivity contribution < 1.29 is 4.79 Å². The van der Waals surface area contributed by atoms with Crippen LogP contribution in [0, 0.1) is 5.92 Å². The minimum atomic E-state index is 0.251. The van der Waals surface area contributed by atoms with Crippen LogP contribution in [0.25, 0.3) is 0 Å². The second kappa shape index (κ2) is 5.74. The number of rotatable bonds is 2. The van der Waals surface area contributed by atoms with E-state index < -0.39 is 0 Å². The number of carbonyl (C=O) groups is 1. The third-order valence-corrected chi connectivity index (χ3v) is 4.40. The molecule has 0 unspecified atom stereocenters. The lowest BCUT2D eigenvalue weighted by molar-refractivity contribution is -0.137. The lowest BCUT2D eigenvalue weighted by Gasteiger charge is -2.34. The summed E-state index contributed by atoms with van der Waals surface area (Å²) in [6, 6.07) is 0. The van der Waals surface area contributed by atoms with Crippen LogP contribution in [-0.4, -0.2) is 47.0 Å². The Hall–Kier alpha value is -1.36. The van der Waals surface area contributed by atoms with Crippen molar-refractivity contribution in [3.05, 3.63) is 18.2 Å². The third kappa shape index (κ3) is 2.81. The van der Waals surface area contributed by atoms with Crippen LogP contribution in [0.3, 0.4) is 0 Å². The van der Waals surface area contributed by atoms with E-state index in [1.165, 1.54) is 0 Å². The molecule has 5 heteroatoms. The largest absolute Gasteiger partial charge is 0.348 e. The van der Waals surface area contributed by atoms with Crippen LogP contribution in [0.2, 0.25) is 0 Å². The second-order valence-corrected chi connectivity index (χ2v) is 5.60. The molecule has 0 spiro atoms. The number of amides is 1. The molecular formula is C14H22N4O. The summed E-state index contributed by atoms with van der Waals surface area (Å²) in [6.07, 6.45) is 7.74. The van der Waals surface area contributed by atoms with Crippen molar-refractivity contribution in [2.75, 3.05) is 26.2 Å². The van der Waals surface area contributed by atoms with E-state index in [0.29, 0.717) is 11.8 Å². The quantitative estimate of drug-likeness (QED) is 0.839. The minimum absolute atomic E-state index is 0.251. The van der Waals surface area contributed by atoms with Crippen LogP contribution >= 0.6 is 0 Å². The van der Waals surface area contributed by atoms with Gasteiger partial charge in [0.15, 0.2) is 0 Å². The Bertz CT molecular complexity index is 403. The van der Waals surface area contributed by atoms with E-state index in [1.807, 2.05) is 12.4 Å². The number of carbonyl (C=O) groups excluding carboxylic acids is 1. The Morgan fingerprint density at radius 1 is 1.21 bits per heavy atom. The van der Waals surface area contributed by atoms with Gasteiger partial charge in [-0.15, -0.1) is 0 Å². The van der Waals surface area contributed by atoms with Crippen LogP contribution < -0.4 is 5.32 Å². The van der Waals surface area contributed by atoms with Gasteiger partial charge in [0.1, 0.15) is 5.82 Å². The molecule has 2 saturated heterocycles. The first kappa shape index (κ1) is 12.7. The normalized spacial score (nSPS) is 22.6. The highest BCUT2D eigenvalue weighted by Gasteiger charge is 2.29. The van der Waals surface area contributed by atoms with Crippen molar-refractivity contribution >= 4 is 5.91 Å². The number of aromatic amines is 1. The molecule has 1 aromatic heterocycles. The predicted octanol–water partition coefficient (Wildman–Crippen LogP) is 1.12. The van der Waals surface area contributed by atoms with Crippen molar-refractivity contribution in [1.29, 1.82) is 0 Å². The fourth-order valence-corrected chi connectivity index (χ4v) is 3.20. The number of aromatic nitrogens is 2. The molecule has 19 heavy (non-hydrogen) atoms. The molecule has 5 nitrogen and oxygen atoms in total. The summed E-state index contributed by atoms with van der Waals surface area (Å²) < 4.78 is 0. The second-order valence-electron chi connectivity index (χ2n) is 5.60. The van der Waals surface area contributed by atoms with Gasteiger partial charge >= 0.3 is 0 Å². The van der Waals surface area contributed by atoms with Gasteiger partial charge in [0.25, 0.3) is 0 Å². The summed E-state index contributed by atoms with van der Waals surface area (Å²) in [6.45, 7) is 3.74. The molecule has 2 aliphatic rings. The Morgan fingerprint density at radius 3 is 2.58 bits per heavy atom. The highest BCUT2D eigenvalue weighted by Crippen LogP contribution is 2.27. The van der Waals surface area contributed by atoms with Crippen molar-refractivity contribution in [2.24, 2.45) is 5.92 Å². The molecule has 2 N–H and O–H groups in total. The molecule has 0 saturated carbocycles. The topological polar surface area (TPSA) is 61.0 Å². The van der Waals surface area contributed by atoms with Crippen molar-refractivity contribution in [1.82, 2.24) is 20.2 Å². The molecule has 2 aliphatic heterocycles. The summed E-state index contributed by atoms with van der Waals surface area (Å²) >= 11 is 0. The summed E-state index contributed by atoms with van der Waals surface area (Å²) in [5.74, 6) is 2.20. The molecule has 3 heterocycles. The zero-order valence-corrected chi connectivity index (χ0v) is 11.3. The maximum atomic E-state index is 12.4. The molecule has 0 aliphatic carbocycles. The van der Waals surface area contributed by atoms with Crippen molar-refractivity contribution in [3.63, 3.8) is 0 Å². The summed E-state index contributed by atoms with van der Waals surface area (Å²) in [4.78, 5) is 22.0. The lowest BCUT2D eigenvalue weighted by Crippen LogP contribution is -2.44. The Morgan fingerprint density at radius 2 is 1.95 bits per heavy atom. The van der Waals surface area contributed by atoms with Gasteiger partial charge in [0.05, 0.1) is 0 Å². The highest BCUT2D eigenvalue weighted by atomic mass is 16.2. The maximum absolute atomic E-state index is 12.4. The van der Waals surface area contributed by atoms with Crippen LogP contribution in [0.5, 0.6) is 0 Å². The molecule has 0 atom stereocenters. The fraction of sp³-hybridized carbons (Fsp3) is 0.714. The molecule has 1 amide bonds. The first-order valence-corrected chi connectivity index (χ1v) is 7.33. The summed E-state index contributed by atoms with van der Waals surface area (Å²) in [5.41, 5.74) is 0. The van der Waals surface area contributed by atoms with Gasteiger partial charge in [-0.1, -0.05) is 0 Å². The van der Waals surface area contributed by atoms with Gasteiger partial charge in [-0.2, -0.15) is 0 Å². The SMILES string of the molecule is O=C(C1CCNCC1)N1CCC(c2ncc[nH]2)CC1. The predicted molar refractivity (Wildman–Crippen MR) is 72.7 cm³/mol. The van der Waals surface area contributed by atoms with Crippen molar-refractivity contribution in [3.8, 4) is 0 Å². The number of hydrogen-bond donors (Lipinski definition) is 2. The van der Waals surface area contributed by atoms with Crippen LogP contribution in [0.4, 0.5) is 0 Å². The number of piperidine rings is 2. The molecule has 1 aromatic rings. The van der Waals surface area contributed by atoms with Crippen LogP contribution in [-0.2, 0) is 4.79 Å². The molecule has 0 aromatic carbocycles. The zero-order chi connectivity index (χ0) is 13.1. The number of H-pyrrole nitrogens is 1. The van der Waals surface area contributed by atoms with Gasteiger partial charge in [-0.3, -0.25) is 4.79 Å². The average Bonchev–Trinajstić information content (AvgIpc) is 3.02. The van der Waals surface area contributed by atoms with E-state index in [1.54, 1.807) is 0 Å². The molecule has 2 fully saturated rings. The van der Waals surface area contributed by atoms with Gasteiger partial charge < -0.3 is 15.2 Å². The first-order valence-electron chi connectivity index (χ1n) is 7.33. The molecule has 3 rings (SSSR count). The Kier molecular flexibility index (Phi) is 3.82. The number of nitrogens with zero attached hydrogens (tertiary/aromatic N) is 2. The monoisotopic (exact) mass is 262 g/mol. The Balaban J connectivity index is 1.53. The number of hydrogen-bond acceptors (Lipinski definition) is 3. The average molecular weight is 262 g/mol. The summed E-state index contributed by atoms with van der Waals surface area (Å²) in [5, 5.41) is 3.31. The van der Waals surface area contributed by atoms with E-state index in [2.05, 4.69) is 20.2 Å². The highest BCUT2D eigenvalue weighted by molar-refractivity contribution is 5.79. The molecular weight excluding hydrogens is 240 g/mol.